The van der Waals surface area contributed by atoms with Gasteiger partial charge in [-0.05, 0) is 29.7 Å². The fourth-order valence-electron chi connectivity index (χ4n) is 2.67. The van der Waals surface area contributed by atoms with Crippen LogP contribution in [0.2, 0.25) is 0 Å². The number of hydrogen-bond donors (Lipinski definition) is 2. The van der Waals surface area contributed by atoms with E-state index in [-0.39, 0.29) is 6.47 Å². The van der Waals surface area contributed by atoms with Gasteiger partial charge in [0, 0.05) is 36.9 Å². The van der Waals surface area contributed by atoms with Gasteiger partial charge in [-0.3, -0.25) is 9.89 Å². The molecule has 0 saturated heterocycles. The van der Waals surface area contributed by atoms with E-state index in [0.717, 1.165) is 40.9 Å². The minimum Gasteiger partial charge on any atom is -0.483 e. The molecule has 0 bridgehead atoms. The van der Waals surface area contributed by atoms with E-state index in [1.807, 2.05) is 18.5 Å². The Balaban J connectivity index is 0.000000446. The van der Waals surface area contributed by atoms with Crippen LogP contribution in [0, 0.1) is 0 Å². The molecule has 7 heteroatoms. The van der Waals surface area contributed by atoms with Crippen molar-refractivity contribution in [1.82, 2.24) is 20.2 Å². The van der Waals surface area contributed by atoms with Crippen LogP contribution in [0.25, 0.3) is 22.2 Å². The lowest BCUT2D eigenvalue weighted by atomic mass is 10.0. The highest BCUT2D eigenvalue weighted by molar-refractivity contribution is 5.92. The molecule has 1 aliphatic heterocycles. The Morgan fingerprint density at radius 1 is 1.36 bits per heavy atom. The van der Waals surface area contributed by atoms with Crippen LogP contribution in [0.4, 0.5) is 5.82 Å². The number of nitrogens with zero attached hydrogens (tertiary/aromatic N) is 4. The van der Waals surface area contributed by atoms with E-state index in [1.165, 1.54) is 5.56 Å². The number of carboxylic acid groups (broad SMARTS) is 1. The normalized spacial score (nSPS) is 12.7. The first kappa shape index (κ1) is 14.0. The molecule has 3 aromatic heterocycles. The number of pyridine rings is 2. The molecule has 7 nitrogen and oxygen atoms in total. The number of carbonyl (C=O) groups is 1. The topological polar surface area (TPSA) is 95.0 Å². The van der Waals surface area contributed by atoms with Gasteiger partial charge in [0.2, 0.25) is 0 Å². The highest BCUT2D eigenvalue weighted by atomic mass is 16.3. The summed E-state index contributed by atoms with van der Waals surface area (Å²) in [5.41, 5.74) is 4.38. The Bertz CT molecular complexity index is 815. The van der Waals surface area contributed by atoms with E-state index in [0.29, 0.717) is 0 Å². The van der Waals surface area contributed by atoms with E-state index >= 15 is 0 Å². The maximum absolute atomic E-state index is 8.36. The van der Waals surface area contributed by atoms with E-state index < -0.39 is 0 Å². The summed E-state index contributed by atoms with van der Waals surface area (Å²) in [7, 11) is 2.08. The van der Waals surface area contributed by atoms with Crippen LogP contribution < -0.4 is 4.90 Å². The average molecular weight is 297 g/mol. The zero-order valence-electron chi connectivity index (χ0n) is 12.0. The Morgan fingerprint density at radius 2 is 2.18 bits per heavy atom. The zero-order chi connectivity index (χ0) is 15.5. The van der Waals surface area contributed by atoms with Crippen LogP contribution in [-0.2, 0) is 11.2 Å². The van der Waals surface area contributed by atoms with Crippen molar-refractivity contribution in [1.29, 1.82) is 0 Å². The predicted molar refractivity (Wildman–Crippen MR) is 82.8 cm³/mol. The highest BCUT2D eigenvalue weighted by Crippen LogP contribution is 2.31. The SMILES string of the molecule is CN1CCc2cc(-c3ccnc4[nH]ncc34)cnc21.O=CO. The quantitative estimate of drug-likeness (QED) is 0.664. The molecular weight excluding hydrogens is 282 g/mol. The second-order valence-corrected chi connectivity index (χ2v) is 4.97. The maximum atomic E-state index is 8.36. The van der Waals surface area contributed by atoms with Gasteiger partial charge < -0.3 is 10.0 Å². The smallest absolute Gasteiger partial charge is 0.290 e. The molecule has 112 valence electrons. The van der Waals surface area contributed by atoms with Gasteiger partial charge in [-0.1, -0.05) is 0 Å². The zero-order valence-corrected chi connectivity index (χ0v) is 12.0. The molecule has 22 heavy (non-hydrogen) atoms. The van der Waals surface area contributed by atoms with Crippen LogP contribution >= 0.6 is 0 Å². The standard InChI is InChI=1S/C14H13N5.CH2O2/c1-19-5-3-9-6-10(7-16-14(9)19)11-2-4-15-13-12(11)8-17-18-13;2-1-3/h2,4,6-8H,3,5H2,1H3,(H,15,17,18);1H,(H,2,3). The fourth-order valence-corrected chi connectivity index (χ4v) is 2.67. The molecular formula is C15H15N5O2. The summed E-state index contributed by atoms with van der Waals surface area (Å²) in [6.45, 7) is 0.795. The number of rotatable bonds is 1. The monoisotopic (exact) mass is 297 g/mol. The van der Waals surface area contributed by atoms with Gasteiger partial charge in [0.15, 0.2) is 5.65 Å². The number of nitrogens with one attached hydrogen (secondary N) is 1. The highest BCUT2D eigenvalue weighted by Gasteiger charge is 2.18. The number of likely N-dealkylation sites (N-methyl/N-ethyl adjacent to an activating group) is 1. The van der Waals surface area contributed by atoms with Crippen molar-refractivity contribution in [2.45, 2.75) is 6.42 Å². The number of anilines is 1. The number of aromatic amines is 1. The average Bonchev–Trinajstić information content (AvgIpc) is 3.14. The molecule has 0 atom stereocenters. The van der Waals surface area contributed by atoms with E-state index in [9.17, 15) is 0 Å². The van der Waals surface area contributed by atoms with Crippen LogP contribution in [0.5, 0.6) is 0 Å². The molecule has 4 heterocycles. The Kier molecular flexibility index (Phi) is 3.69. The largest absolute Gasteiger partial charge is 0.483 e. The van der Waals surface area contributed by atoms with Crippen molar-refractivity contribution in [2.75, 3.05) is 18.5 Å². The van der Waals surface area contributed by atoms with Gasteiger partial charge >= 0.3 is 0 Å². The number of aromatic nitrogens is 4. The van der Waals surface area contributed by atoms with Gasteiger partial charge in [0.25, 0.3) is 6.47 Å². The predicted octanol–water partition coefficient (Wildman–Crippen LogP) is 1.71. The van der Waals surface area contributed by atoms with Crippen molar-refractivity contribution >= 4 is 23.3 Å². The molecule has 0 spiro atoms. The van der Waals surface area contributed by atoms with E-state index in [4.69, 9.17) is 9.90 Å². The first-order valence-corrected chi connectivity index (χ1v) is 6.81. The van der Waals surface area contributed by atoms with Crippen molar-refractivity contribution < 1.29 is 9.90 Å². The number of fused-ring (bicyclic) bond motifs is 2. The van der Waals surface area contributed by atoms with Crippen LogP contribution in [-0.4, -0.2) is 45.3 Å². The molecule has 1 aliphatic rings. The lowest BCUT2D eigenvalue weighted by molar-refractivity contribution is -0.122. The third kappa shape index (κ3) is 2.37. The van der Waals surface area contributed by atoms with Gasteiger partial charge in [0.05, 0.1) is 6.20 Å². The summed E-state index contributed by atoms with van der Waals surface area (Å²) >= 11 is 0. The van der Waals surface area contributed by atoms with Crippen LogP contribution in [0.1, 0.15) is 5.56 Å². The summed E-state index contributed by atoms with van der Waals surface area (Å²) in [5.74, 6) is 1.10. The lowest BCUT2D eigenvalue weighted by Crippen LogP contribution is -2.13. The Labute approximate surface area is 126 Å². The summed E-state index contributed by atoms with van der Waals surface area (Å²) in [4.78, 5) is 19.4. The minimum atomic E-state index is -0.250. The molecule has 0 aliphatic carbocycles. The second-order valence-electron chi connectivity index (χ2n) is 4.97. The summed E-state index contributed by atoms with van der Waals surface area (Å²) in [6.07, 6.45) is 6.61. The lowest BCUT2D eigenvalue weighted by Gasteiger charge is -2.11. The first-order chi connectivity index (χ1) is 10.7. The first-order valence-electron chi connectivity index (χ1n) is 6.81. The molecule has 0 aromatic carbocycles. The van der Waals surface area contributed by atoms with E-state index in [1.54, 1.807) is 6.20 Å². The third-order valence-corrected chi connectivity index (χ3v) is 3.69. The van der Waals surface area contributed by atoms with Crippen molar-refractivity contribution in [2.24, 2.45) is 0 Å². The maximum Gasteiger partial charge on any atom is 0.290 e. The van der Waals surface area contributed by atoms with Gasteiger partial charge in [-0.15, -0.1) is 0 Å². The summed E-state index contributed by atoms with van der Waals surface area (Å²) < 4.78 is 0. The Morgan fingerprint density at radius 3 is 3.00 bits per heavy atom. The van der Waals surface area contributed by atoms with Gasteiger partial charge in [0.1, 0.15) is 5.82 Å². The molecule has 0 saturated carbocycles. The molecule has 0 radical (unpaired) electrons. The molecule has 0 fully saturated rings. The van der Waals surface area contributed by atoms with Crippen molar-refractivity contribution in [3.8, 4) is 11.1 Å². The van der Waals surface area contributed by atoms with Crippen LogP contribution in [0.3, 0.4) is 0 Å². The van der Waals surface area contributed by atoms with Crippen molar-refractivity contribution in [3.63, 3.8) is 0 Å². The summed E-state index contributed by atoms with van der Waals surface area (Å²) in [6, 6.07) is 4.24. The van der Waals surface area contributed by atoms with Crippen molar-refractivity contribution in [3.05, 3.63) is 36.3 Å². The fraction of sp³-hybridized carbons (Fsp3) is 0.200. The Hall–Kier alpha value is -2.96. The van der Waals surface area contributed by atoms with Gasteiger partial charge in [-0.25, -0.2) is 9.97 Å². The summed E-state index contributed by atoms with van der Waals surface area (Å²) in [5, 5.41) is 14.9. The molecule has 4 rings (SSSR count). The molecule has 0 unspecified atom stereocenters. The number of hydrogen-bond acceptors (Lipinski definition) is 5. The second kappa shape index (κ2) is 5.80. The minimum absolute atomic E-state index is 0.250. The number of H-pyrrole nitrogens is 1. The van der Waals surface area contributed by atoms with Crippen LogP contribution in [0.15, 0.2) is 30.7 Å². The van der Waals surface area contributed by atoms with E-state index in [2.05, 4.69) is 38.2 Å². The third-order valence-electron chi connectivity index (χ3n) is 3.69. The molecule has 0 amide bonds. The van der Waals surface area contributed by atoms with Gasteiger partial charge in [-0.2, -0.15) is 5.10 Å². The molecule has 2 N–H and O–H groups in total. The molecule has 3 aromatic rings.